The zero-order chi connectivity index (χ0) is 14.3. The van der Waals surface area contributed by atoms with E-state index in [4.69, 9.17) is 5.11 Å². The first-order valence-electron chi connectivity index (χ1n) is 5.64. The van der Waals surface area contributed by atoms with Crippen LogP contribution in [0.2, 0.25) is 0 Å². The molecule has 0 aromatic heterocycles. The first-order valence-corrected chi connectivity index (χ1v) is 6.80. The lowest BCUT2D eigenvalue weighted by atomic mass is 10.2. The highest BCUT2D eigenvalue weighted by atomic mass is 32.2. The third-order valence-electron chi connectivity index (χ3n) is 2.51. The summed E-state index contributed by atoms with van der Waals surface area (Å²) in [7, 11) is 0. The number of amides is 4. The van der Waals surface area contributed by atoms with Gasteiger partial charge in [0.1, 0.15) is 6.04 Å². The Balaban J connectivity index is 2.17. The minimum absolute atomic E-state index is 0.0356. The molecule has 1 fully saturated rings. The number of hydrogen-bond acceptors (Lipinski definition) is 5. The number of rotatable bonds is 9. The Bertz CT molecular complexity index is 360. The van der Waals surface area contributed by atoms with Gasteiger partial charge in [0.25, 0.3) is 0 Å². The average Bonchev–Trinajstić information content (AvgIpc) is 2.68. The van der Waals surface area contributed by atoms with Crippen LogP contribution in [0.5, 0.6) is 0 Å². The van der Waals surface area contributed by atoms with Crippen molar-refractivity contribution in [1.82, 2.24) is 15.5 Å². The number of aliphatic carboxylic acids is 1. The second-order valence-corrected chi connectivity index (χ2v) is 5.01. The Labute approximate surface area is 113 Å². The summed E-state index contributed by atoms with van der Waals surface area (Å²) in [6, 6.07) is -1.29. The van der Waals surface area contributed by atoms with Crippen LogP contribution in [0.4, 0.5) is 4.79 Å². The van der Waals surface area contributed by atoms with Gasteiger partial charge < -0.3 is 15.7 Å². The molecule has 0 radical (unpaired) electrons. The Hall–Kier alpha value is -1.77. The van der Waals surface area contributed by atoms with E-state index in [0.717, 1.165) is 4.90 Å². The number of nitrogens with one attached hydrogen (secondary N) is 2. The molecule has 106 valence electrons. The van der Waals surface area contributed by atoms with Crippen molar-refractivity contribution < 1.29 is 24.3 Å². The number of carbonyl (C=O) groups is 4. The van der Waals surface area contributed by atoms with Crippen LogP contribution in [0.1, 0.15) is 6.42 Å². The highest BCUT2D eigenvalue weighted by molar-refractivity contribution is 7.99. The van der Waals surface area contributed by atoms with Crippen LogP contribution >= 0.6 is 11.8 Å². The van der Waals surface area contributed by atoms with E-state index in [2.05, 4.69) is 10.6 Å². The van der Waals surface area contributed by atoms with Crippen LogP contribution in [0.25, 0.3) is 0 Å². The van der Waals surface area contributed by atoms with E-state index < -0.39 is 18.0 Å². The van der Waals surface area contributed by atoms with Crippen LogP contribution in [0, 0.1) is 0 Å². The summed E-state index contributed by atoms with van der Waals surface area (Å²) in [6.45, 7) is 0.335. The maximum Gasteiger partial charge on any atom is 0.326 e. The Morgan fingerprint density at radius 3 is 2.79 bits per heavy atom. The Morgan fingerprint density at radius 2 is 2.26 bits per heavy atom. The molecular weight excluding hydrogens is 274 g/mol. The molecule has 8 nitrogen and oxygen atoms in total. The molecule has 1 aliphatic heterocycles. The standard InChI is InChI=1S/C10H15N3O5S/c14-6-12-7(9(16)17)1-3-19-4-2-13-8(15)5-11-10(13)18/h6-7H,1-5H2,(H,11,18)(H,12,14)(H,16,17). The number of carboxylic acid groups (broad SMARTS) is 1. The first kappa shape index (κ1) is 15.3. The van der Waals surface area contributed by atoms with E-state index in [1.54, 1.807) is 0 Å². The largest absolute Gasteiger partial charge is 0.480 e. The molecule has 1 aliphatic rings. The number of carbonyl (C=O) groups excluding carboxylic acids is 3. The number of carboxylic acids is 1. The van der Waals surface area contributed by atoms with Gasteiger partial charge >= 0.3 is 12.0 Å². The SMILES string of the molecule is O=CNC(CCSCCN1C(=O)CNC1=O)C(=O)O. The Kier molecular flexibility index (Phi) is 6.13. The normalized spacial score (nSPS) is 16.1. The van der Waals surface area contributed by atoms with Gasteiger partial charge in [-0.2, -0.15) is 11.8 Å². The van der Waals surface area contributed by atoms with Gasteiger partial charge in [0.15, 0.2) is 0 Å². The topological polar surface area (TPSA) is 116 Å². The summed E-state index contributed by atoms with van der Waals surface area (Å²) in [4.78, 5) is 44.5. The molecule has 1 rings (SSSR count). The van der Waals surface area contributed by atoms with Gasteiger partial charge in [-0.1, -0.05) is 0 Å². The van der Waals surface area contributed by atoms with Crippen molar-refractivity contribution in [3.63, 3.8) is 0 Å². The van der Waals surface area contributed by atoms with Crippen LogP contribution in [-0.4, -0.2) is 65.0 Å². The fourth-order valence-electron chi connectivity index (χ4n) is 1.50. The van der Waals surface area contributed by atoms with Gasteiger partial charge in [0, 0.05) is 12.3 Å². The van der Waals surface area contributed by atoms with Gasteiger partial charge in [-0.15, -0.1) is 0 Å². The van der Waals surface area contributed by atoms with Crippen molar-refractivity contribution in [1.29, 1.82) is 0 Å². The predicted molar refractivity (Wildman–Crippen MR) is 67.7 cm³/mol. The summed E-state index contributed by atoms with van der Waals surface area (Å²) in [6.07, 6.45) is 0.648. The highest BCUT2D eigenvalue weighted by Crippen LogP contribution is 2.07. The molecule has 1 heterocycles. The van der Waals surface area contributed by atoms with Crippen molar-refractivity contribution in [2.45, 2.75) is 12.5 Å². The summed E-state index contributed by atoms with van der Waals surface area (Å²) in [5.74, 6) is -0.285. The van der Waals surface area contributed by atoms with Crippen LogP contribution in [0.3, 0.4) is 0 Å². The van der Waals surface area contributed by atoms with Crippen LogP contribution in [0.15, 0.2) is 0 Å². The molecule has 1 saturated heterocycles. The monoisotopic (exact) mass is 289 g/mol. The molecule has 3 N–H and O–H groups in total. The van der Waals surface area contributed by atoms with Crippen LogP contribution < -0.4 is 10.6 Å². The van der Waals surface area contributed by atoms with Gasteiger partial charge in [-0.3, -0.25) is 14.5 Å². The third kappa shape index (κ3) is 4.78. The smallest absolute Gasteiger partial charge is 0.326 e. The van der Waals surface area contributed by atoms with E-state index in [1.165, 1.54) is 11.8 Å². The van der Waals surface area contributed by atoms with Crippen molar-refractivity contribution in [3.05, 3.63) is 0 Å². The summed E-state index contributed by atoms with van der Waals surface area (Å²) in [5.41, 5.74) is 0. The molecule has 0 aromatic rings. The zero-order valence-corrected chi connectivity index (χ0v) is 10.9. The second kappa shape index (κ2) is 7.62. The number of imide groups is 1. The van der Waals surface area contributed by atoms with E-state index in [9.17, 15) is 19.2 Å². The third-order valence-corrected chi connectivity index (χ3v) is 3.51. The summed E-state index contributed by atoms with van der Waals surface area (Å²) in [5, 5.41) is 13.4. The van der Waals surface area contributed by atoms with Gasteiger partial charge in [-0.05, 0) is 12.2 Å². The fraction of sp³-hybridized carbons (Fsp3) is 0.600. The lowest BCUT2D eigenvalue weighted by molar-refractivity contribution is -0.140. The number of hydrogen-bond donors (Lipinski definition) is 3. The molecule has 0 aliphatic carbocycles. The molecule has 0 spiro atoms. The molecule has 4 amide bonds. The minimum Gasteiger partial charge on any atom is -0.480 e. The molecular formula is C10H15N3O5S. The summed E-state index contributed by atoms with van der Waals surface area (Å²) < 4.78 is 0. The molecule has 19 heavy (non-hydrogen) atoms. The lowest BCUT2D eigenvalue weighted by Crippen LogP contribution is -2.36. The Morgan fingerprint density at radius 1 is 1.53 bits per heavy atom. The highest BCUT2D eigenvalue weighted by Gasteiger charge is 2.27. The quantitative estimate of drug-likeness (QED) is 0.281. The van der Waals surface area contributed by atoms with Crippen molar-refractivity contribution in [2.75, 3.05) is 24.6 Å². The number of nitrogens with zero attached hydrogens (tertiary/aromatic N) is 1. The van der Waals surface area contributed by atoms with Crippen molar-refractivity contribution in [2.24, 2.45) is 0 Å². The fourth-order valence-corrected chi connectivity index (χ4v) is 2.42. The van der Waals surface area contributed by atoms with E-state index in [-0.39, 0.29) is 12.5 Å². The maximum absolute atomic E-state index is 11.2. The van der Waals surface area contributed by atoms with Gasteiger partial charge in [0.2, 0.25) is 12.3 Å². The van der Waals surface area contributed by atoms with E-state index in [1.807, 2.05) is 0 Å². The van der Waals surface area contributed by atoms with Crippen molar-refractivity contribution in [3.8, 4) is 0 Å². The van der Waals surface area contributed by atoms with Crippen LogP contribution in [-0.2, 0) is 14.4 Å². The minimum atomic E-state index is -1.08. The van der Waals surface area contributed by atoms with Gasteiger partial charge in [0.05, 0.1) is 6.54 Å². The first-order chi connectivity index (χ1) is 9.06. The maximum atomic E-state index is 11.2. The van der Waals surface area contributed by atoms with Gasteiger partial charge in [-0.25, -0.2) is 9.59 Å². The average molecular weight is 289 g/mol. The molecule has 0 bridgehead atoms. The molecule has 1 atom stereocenters. The number of thioether (sulfide) groups is 1. The van der Waals surface area contributed by atoms with Crippen molar-refractivity contribution >= 4 is 36.1 Å². The second-order valence-electron chi connectivity index (χ2n) is 3.78. The molecule has 0 aromatic carbocycles. The molecule has 1 unspecified atom stereocenters. The zero-order valence-electron chi connectivity index (χ0n) is 10.1. The molecule has 9 heteroatoms. The van der Waals surface area contributed by atoms with E-state index >= 15 is 0 Å². The number of urea groups is 1. The predicted octanol–water partition coefficient (Wildman–Crippen LogP) is -1.14. The summed E-state index contributed by atoms with van der Waals surface area (Å²) >= 11 is 1.42. The molecule has 0 saturated carbocycles. The lowest BCUT2D eigenvalue weighted by Gasteiger charge is -2.13. The van der Waals surface area contributed by atoms with E-state index in [0.29, 0.717) is 30.9 Å².